The molecule has 0 bridgehead atoms. The number of hydrogen-bond donors (Lipinski definition) is 2. The van der Waals surface area contributed by atoms with E-state index in [4.69, 9.17) is 4.74 Å². The predicted molar refractivity (Wildman–Crippen MR) is 140 cm³/mol. The number of pyridine rings is 1. The lowest BCUT2D eigenvalue weighted by molar-refractivity contribution is 0.138. The highest BCUT2D eigenvalue weighted by Crippen LogP contribution is 2.22. The van der Waals surface area contributed by atoms with Gasteiger partial charge in [0.15, 0.2) is 0 Å². The van der Waals surface area contributed by atoms with E-state index in [0.29, 0.717) is 16.9 Å². The van der Waals surface area contributed by atoms with Gasteiger partial charge in [0, 0.05) is 23.5 Å². The second kappa shape index (κ2) is 10.5. The maximum atomic E-state index is 12.7. The first-order valence-electron chi connectivity index (χ1n) is 11.4. The Bertz CT molecular complexity index is 1670. The van der Waals surface area contributed by atoms with Crippen molar-refractivity contribution in [1.29, 1.82) is 0 Å². The molecule has 0 saturated carbocycles. The standard InChI is InChI=1S/C27H22N4O5S/c32-23-8-4-5-20-13-14-21(29-24(20)23)17-36-25(33)28-15-18-9-11-19(12-10-18)16-30-26(34)31(37-27(30)35)22-6-2-1-3-7-22/h1-14,32H,15-17H2,(H,28,33). The summed E-state index contributed by atoms with van der Waals surface area (Å²) >= 11 is 0.865. The number of alkyl carbamates (subject to hydrolysis) is 1. The molecule has 5 aromatic rings. The Labute approximate surface area is 215 Å². The quantitative estimate of drug-likeness (QED) is 0.342. The van der Waals surface area contributed by atoms with E-state index in [2.05, 4.69) is 10.3 Å². The largest absolute Gasteiger partial charge is 0.506 e. The lowest BCUT2D eigenvalue weighted by Crippen LogP contribution is -2.28. The van der Waals surface area contributed by atoms with Crippen molar-refractivity contribution >= 4 is 28.5 Å². The maximum Gasteiger partial charge on any atom is 0.407 e. The Balaban J connectivity index is 1.16. The van der Waals surface area contributed by atoms with Crippen LogP contribution in [-0.2, 0) is 24.4 Å². The van der Waals surface area contributed by atoms with Gasteiger partial charge in [-0.1, -0.05) is 60.7 Å². The number of rotatable bonds is 7. The third-order valence-electron chi connectivity index (χ3n) is 5.69. The topological polar surface area (TPSA) is 115 Å². The summed E-state index contributed by atoms with van der Waals surface area (Å²) in [4.78, 5) is 41.3. The Kier molecular flexibility index (Phi) is 6.82. The van der Waals surface area contributed by atoms with Gasteiger partial charge in [0.25, 0.3) is 0 Å². The van der Waals surface area contributed by atoms with Gasteiger partial charge < -0.3 is 15.2 Å². The second-order valence-corrected chi connectivity index (χ2v) is 9.15. The monoisotopic (exact) mass is 514 g/mol. The molecule has 0 radical (unpaired) electrons. The number of benzene rings is 3. The number of amides is 1. The van der Waals surface area contributed by atoms with Crippen molar-refractivity contribution in [1.82, 2.24) is 18.8 Å². The highest BCUT2D eigenvalue weighted by Gasteiger charge is 2.12. The zero-order valence-corrected chi connectivity index (χ0v) is 20.4. The van der Waals surface area contributed by atoms with Crippen molar-refractivity contribution in [3.05, 3.63) is 122 Å². The molecule has 2 aromatic heterocycles. The van der Waals surface area contributed by atoms with E-state index >= 15 is 0 Å². The summed E-state index contributed by atoms with van der Waals surface area (Å²) in [5.41, 5.74) is 2.85. The average Bonchev–Trinajstić information content (AvgIpc) is 3.20. The molecule has 0 spiro atoms. The molecule has 2 N–H and O–H groups in total. The van der Waals surface area contributed by atoms with Crippen LogP contribution in [0.1, 0.15) is 16.8 Å². The first-order valence-corrected chi connectivity index (χ1v) is 12.2. The summed E-state index contributed by atoms with van der Waals surface area (Å²) in [5, 5.41) is 13.4. The first-order chi connectivity index (χ1) is 18.0. The van der Waals surface area contributed by atoms with Crippen molar-refractivity contribution in [3.8, 4) is 11.4 Å². The fraction of sp³-hybridized carbons (Fsp3) is 0.111. The van der Waals surface area contributed by atoms with Crippen LogP contribution in [0.15, 0.2) is 94.5 Å². The summed E-state index contributed by atoms with van der Waals surface area (Å²) < 4.78 is 7.81. The van der Waals surface area contributed by atoms with E-state index in [-0.39, 0.29) is 36.0 Å². The van der Waals surface area contributed by atoms with Gasteiger partial charge in [-0.05, 0) is 35.4 Å². The van der Waals surface area contributed by atoms with Crippen molar-refractivity contribution < 1.29 is 14.6 Å². The Hall–Kier alpha value is -4.70. The van der Waals surface area contributed by atoms with Gasteiger partial charge in [0.1, 0.15) is 17.9 Å². The summed E-state index contributed by atoms with van der Waals surface area (Å²) in [6, 6.07) is 24.9. The lowest BCUT2D eigenvalue weighted by Gasteiger charge is -2.08. The van der Waals surface area contributed by atoms with E-state index < -0.39 is 6.09 Å². The molecule has 1 amide bonds. The molecule has 186 valence electrons. The minimum atomic E-state index is -0.602. The average molecular weight is 515 g/mol. The lowest BCUT2D eigenvalue weighted by atomic mass is 10.1. The molecule has 0 saturated heterocycles. The van der Waals surface area contributed by atoms with Crippen LogP contribution in [0.25, 0.3) is 16.6 Å². The highest BCUT2D eigenvalue weighted by atomic mass is 32.1. The smallest absolute Gasteiger partial charge is 0.407 e. The second-order valence-electron chi connectivity index (χ2n) is 8.25. The van der Waals surface area contributed by atoms with E-state index in [1.807, 2.05) is 48.5 Å². The van der Waals surface area contributed by atoms with Gasteiger partial charge in [-0.2, -0.15) is 0 Å². The molecule has 3 aromatic carbocycles. The molecule has 2 heterocycles. The summed E-state index contributed by atoms with van der Waals surface area (Å²) in [7, 11) is 0. The number of phenolic OH excluding ortho intramolecular Hbond substituents is 1. The zero-order valence-electron chi connectivity index (χ0n) is 19.5. The van der Waals surface area contributed by atoms with E-state index in [0.717, 1.165) is 28.0 Å². The van der Waals surface area contributed by atoms with Crippen LogP contribution in [-0.4, -0.2) is 24.7 Å². The molecule has 0 atom stereocenters. The first kappa shape index (κ1) is 24.0. The van der Waals surface area contributed by atoms with Crippen LogP contribution < -0.4 is 15.9 Å². The highest BCUT2D eigenvalue weighted by molar-refractivity contribution is 7.03. The SMILES string of the molecule is O=C(NCc1ccc(Cn2c(=O)sn(-c3ccccc3)c2=O)cc1)OCc1ccc2cccc(O)c2n1. The number of aromatic hydroxyl groups is 1. The molecule has 0 aliphatic heterocycles. The summed E-state index contributed by atoms with van der Waals surface area (Å²) in [6.07, 6.45) is -0.602. The van der Waals surface area contributed by atoms with Gasteiger partial charge in [-0.3, -0.25) is 4.79 Å². The van der Waals surface area contributed by atoms with Crippen LogP contribution >= 0.6 is 11.5 Å². The number of nitrogens with zero attached hydrogens (tertiary/aromatic N) is 3. The van der Waals surface area contributed by atoms with E-state index in [1.54, 1.807) is 36.4 Å². The van der Waals surface area contributed by atoms with E-state index in [9.17, 15) is 19.5 Å². The molecule has 0 aliphatic carbocycles. The van der Waals surface area contributed by atoms with Crippen molar-refractivity contribution in [2.45, 2.75) is 19.7 Å². The van der Waals surface area contributed by atoms with Crippen LogP contribution in [0.5, 0.6) is 5.75 Å². The number of hydrogen-bond acceptors (Lipinski definition) is 7. The van der Waals surface area contributed by atoms with Gasteiger partial charge in [-0.25, -0.2) is 23.1 Å². The third-order valence-corrected chi connectivity index (χ3v) is 6.62. The normalized spacial score (nSPS) is 10.9. The van der Waals surface area contributed by atoms with Crippen LogP contribution in [0.3, 0.4) is 0 Å². The fourth-order valence-electron chi connectivity index (χ4n) is 3.77. The number of aromatic nitrogens is 3. The van der Waals surface area contributed by atoms with Gasteiger partial charge in [-0.15, -0.1) is 0 Å². The van der Waals surface area contributed by atoms with Crippen LogP contribution in [0.4, 0.5) is 4.79 Å². The summed E-state index contributed by atoms with van der Waals surface area (Å²) in [5.74, 6) is 0.0676. The Morgan fingerprint density at radius 2 is 1.68 bits per heavy atom. The van der Waals surface area contributed by atoms with Gasteiger partial charge in [0.2, 0.25) is 0 Å². The Morgan fingerprint density at radius 3 is 2.46 bits per heavy atom. The summed E-state index contributed by atoms with van der Waals surface area (Å²) in [6.45, 7) is 0.354. The number of phenols is 1. The van der Waals surface area contributed by atoms with Crippen molar-refractivity contribution in [2.24, 2.45) is 0 Å². The number of nitrogens with one attached hydrogen (secondary N) is 1. The number of carbonyl (C=O) groups is 1. The molecule has 5 rings (SSSR count). The number of para-hydroxylation sites is 2. The van der Waals surface area contributed by atoms with Gasteiger partial charge in [0.05, 0.1) is 17.9 Å². The molecule has 37 heavy (non-hydrogen) atoms. The molecule has 10 heteroatoms. The molecule has 9 nitrogen and oxygen atoms in total. The third kappa shape index (κ3) is 5.44. The number of fused-ring (bicyclic) bond motifs is 1. The van der Waals surface area contributed by atoms with Crippen LogP contribution in [0.2, 0.25) is 0 Å². The predicted octanol–water partition coefficient (Wildman–Crippen LogP) is 3.79. The number of ether oxygens (including phenoxy) is 1. The molecule has 0 unspecified atom stereocenters. The van der Waals surface area contributed by atoms with Crippen molar-refractivity contribution in [3.63, 3.8) is 0 Å². The molecular weight excluding hydrogens is 492 g/mol. The molecule has 0 aliphatic rings. The minimum absolute atomic E-state index is 0.0368. The zero-order chi connectivity index (χ0) is 25.8. The molecular formula is C27H22N4O5S. The van der Waals surface area contributed by atoms with Crippen LogP contribution in [0, 0.1) is 0 Å². The fourth-order valence-corrected chi connectivity index (χ4v) is 4.58. The molecule has 0 fully saturated rings. The Morgan fingerprint density at radius 1 is 0.919 bits per heavy atom. The maximum absolute atomic E-state index is 12.7. The van der Waals surface area contributed by atoms with Gasteiger partial charge >= 0.3 is 16.7 Å². The van der Waals surface area contributed by atoms with E-state index in [1.165, 1.54) is 8.52 Å². The minimum Gasteiger partial charge on any atom is -0.506 e. The number of carbonyl (C=O) groups excluding carboxylic acids is 1. The van der Waals surface area contributed by atoms with Crippen molar-refractivity contribution in [2.75, 3.05) is 0 Å².